The monoisotopic (exact) mass is 601 g/mol. The zero-order valence-corrected chi connectivity index (χ0v) is 27.2. The average Bonchev–Trinajstić information content (AvgIpc) is 3.03. The van der Waals surface area contributed by atoms with E-state index in [1.165, 1.54) is 16.7 Å². The molecule has 0 radical (unpaired) electrons. The van der Waals surface area contributed by atoms with Gasteiger partial charge >= 0.3 is 5.97 Å². The normalized spacial score (nSPS) is 17.6. The molecule has 0 aliphatic carbocycles. The van der Waals surface area contributed by atoms with Crippen molar-refractivity contribution >= 4 is 11.7 Å². The highest BCUT2D eigenvalue weighted by atomic mass is 16.6. The third-order valence-corrected chi connectivity index (χ3v) is 8.90. The van der Waals surface area contributed by atoms with Gasteiger partial charge in [-0.1, -0.05) is 137 Å². The molecular weight excluding hydrogens is 554 g/mol. The largest absolute Gasteiger partial charge is 0.512 e. The van der Waals surface area contributed by atoms with Crippen molar-refractivity contribution in [2.45, 2.75) is 84.4 Å². The first-order chi connectivity index (χ1) is 21.7. The lowest BCUT2D eigenvalue weighted by Crippen LogP contribution is -2.43. The number of aryl methyl sites for hydroxylation is 1. The molecule has 45 heavy (non-hydrogen) atoms. The minimum atomic E-state index is -0.707. The van der Waals surface area contributed by atoms with E-state index in [9.17, 15) is 9.90 Å². The van der Waals surface area contributed by atoms with E-state index in [-0.39, 0.29) is 17.1 Å². The van der Waals surface area contributed by atoms with Crippen LogP contribution in [-0.4, -0.2) is 16.7 Å². The topological polar surface area (TPSA) is 49.8 Å². The lowest BCUT2D eigenvalue weighted by molar-refractivity contribution is -0.161. The maximum Gasteiger partial charge on any atom is 0.338 e. The van der Waals surface area contributed by atoms with E-state index in [0.29, 0.717) is 24.8 Å². The molecule has 4 nitrogen and oxygen atoms in total. The molecule has 1 aliphatic heterocycles. The summed E-state index contributed by atoms with van der Waals surface area (Å²) in [6, 6.07) is 39.8. The van der Waals surface area contributed by atoms with Gasteiger partial charge in [0.05, 0.1) is 5.57 Å². The highest BCUT2D eigenvalue weighted by Crippen LogP contribution is 2.47. The van der Waals surface area contributed by atoms with Gasteiger partial charge in [-0.3, -0.25) is 0 Å². The Morgan fingerprint density at radius 3 is 1.84 bits per heavy atom. The minimum Gasteiger partial charge on any atom is -0.512 e. The standard InChI is InChI=1S/C41H47NO3/c1-5-25-41(26-24-31-16-9-6-10-17-31)28-36(43)37(39(44)45-41)38(40(2,3)4)34-22-15-23-35(27-34)42(29-32-18-11-7-12-19-32)30-33-20-13-8-14-21-33/h6-23,27,38,43H,5,24-26,28-30H2,1-4H3/t38-,41+/m1/s1. The number of rotatable bonds is 12. The van der Waals surface area contributed by atoms with Crippen LogP contribution in [0.1, 0.15) is 81.5 Å². The van der Waals surface area contributed by atoms with Gasteiger partial charge in [0.25, 0.3) is 0 Å². The highest BCUT2D eigenvalue weighted by molar-refractivity contribution is 5.92. The van der Waals surface area contributed by atoms with E-state index in [2.05, 4.69) is 118 Å². The van der Waals surface area contributed by atoms with Gasteiger partial charge in [0.1, 0.15) is 11.4 Å². The molecule has 0 unspecified atom stereocenters. The van der Waals surface area contributed by atoms with Crippen molar-refractivity contribution in [2.75, 3.05) is 4.90 Å². The zero-order valence-electron chi connectivity index (χ0n) is 27.2. The zero-order chi connectivity index (χ0) is 31.9. The van der Waals surface area contributed by atoms with Crippen LogP contribution in [-0.2, 0) is 29.0 Å². The Kier molecular flexibility index (Phi) is 10.1. The quantitative estimate of drug-likeness (QED) is 0.164. The molecular formula is C41H47NO3. The van der Waals surface area contributed by atoms with E-state index in [0.717, 1.165) is 37.2 Å². The van der Waals surface area contributed by atoms with Gasteiger partial charge in [0, 0.05) is 31.1 Å². The molecule has 1 N–H and O–H groups in total. The number of ether oxygens (including phenoxy) is 1. The molecule has 5 rings (SSSR count). The SMILES string of the molecule is CCC[C@]1(CCc2ccccc2)CC(O)=C([C@@H](c2cccc(N(Cc3ccccc3)Cc3ccccc3)c2)C(C)(C)C)C(=O)O1. The predicted molar refractivity (Wildman–Crippen MR) is 184 cm³/mol. The van der Waals surface area contributed by atoms with E-state index < -0.39 is 11.6 Å². The number of esters is 1. The van der Waals surface area contributed by atoms with E-state index in [1.807, 2.05) is 30.3 Å². The van der Waals surface area contributed by atoms with Crippen LogP contribution in [0.5, 0.6) is 0 Å². The molecule has 0 saturated heterocycles. The highest BCUT2D eigenvalue weighted by Gasteiger charge is 2.46. The van der Waals surface area contributed by atoms with Crippen molar-refractivity contribution in [3.8, 4) is 0 Å². The maximum atomic E-state index is 14.0. The summed E-state index contributed by atoms with van der Waals surface area (Å²) in [4.78, 5) is 16.4. The van der Waals surface area contributed by atoms with Crippen LogP contribution in [0.15, 0.2) is 127 Å². The molecule has 2 atom stereocenters. The summed E-state index contributed by atoms with van der Waals surface area (Å²) in [5.41, 5.74) is 5.07. The van der Waals surface area contributed by atoms with Gasteiger partial charge in [-0.15, -0.1) is 0 Å². The van der Waals surface area contributed by atoms with Gasteiger partial charge in [0.15, 0.2) is 0 Å². The third-order valence-electron chi connectivity index (χ3n) is 8.90. The first kappa shape index (κ1) is 32.1. The molecule has 0 amide bonds. The van der Waals surface area contributed by atoms with Crippen molar-refractivity contribution in [1.82, 2.24) is 0 Å². The number of aliphatic hydroxyl groups excluding tert-OH is 1. The van der Waals surface area contributed by atoms with Gasteiger partial charge in [-0.25, -0.2) is 4.79 Å². The fourth-order valence-electron chi connectivity index (χ4n) is 6.81. The van der Waals surface area contributed by atoms with Crippen molar-refractivity contribution in [3.05, 3.63) is 149 Å². The van der Waals surface area contributed by atoms with Crippen LogP contribution in [0.3, 0.4) is 0 Å². The number of hydrogen-bond acceptors (Lipinski definition) is 4. The number of carbonyl (C=O) groups is 1. The number of hydrogen-bond donors (Lipinski definition) is 1. The number of benzene rings is 4. The lowest BCUT2D eigenvalue weighted by Gasteiger charge is -2.41. The van der Waals surface area contributed by atoms with Gasteiger partial charge in [0.2, 0.25) is 0 Å². The number of aliphatic hydroxyl groups is 1. The maximum absolute atomic E-state index is 14.0. The second-order valence-electron chi connectivity index (χ2n) is 13.6. The van der Waals surface area contributed by atoms with Crippen molar-refractivity contribution in [2.24, 2.45) is 5.41 Å². The van der Waals surface area contributed by atoms with Crippen molar-refractivity contribution in [1.29, 1.82) is 0 Å². The Hall–Kier alpha value is -4.31. The Balaban J connectivity index is 1.49. The van der Waals surface area contributed by atoms with E-state index in [1.54, 1.807) is 0 Å². The predicted octanol–water partition coefficient (Wildman–Crippen LogP) is 9.95. The molecule has 4 heteroatoms. The van der Waals surface area contributed by atoms with Crippen LogP contribution in [0.2, 0.25) is 0 Å². The smallest absolute Gasteiger partial charge is 0.338 e. The van der Waals surface area contributed by atoms with E-state index in [4.69, 9.17) is 4.74 Å². The van der Waals surface area contributed by atoms with Crippen molar-refractivity contribution in [3.63, 3.8) is 0 Å². The molecule has 1 aliphatic rings. The minimum absolute atomic E-state index is 0.170. The number of anilines is 1. The van der Waals surface area contributed by atoms with Crippen LogP contribution in [0.4, 0.5) is 5.69 Å². The molecule has 0 saturated carbocycles. The summed E-state index contributed by atoms with van der Waals surface area (Å²) < 4.78 is 6.39. The van der Waals surface area contributed by atoms with Gasteiger partial charge in [-0.2, -0.15) is 0 Å². The molecule has 234 valence electrons. The Morgan fingerprint density at radius 2 is 1.33 bits per heavy atom. The number of carbonyl (C=O) groups excluding carboxylic acids is 1. The first-order valence-corrected chi connectivity index (χ1v) is 16.3. The Labute approximate surface area is 269 Å². The van der Waals surface area contributed by atoms with Crippen LogP contribution in [0.25, 0.3) is 0 Å². The molecule has 4 aromatic carbocycles. The van der Waals surface area contributed by atoms with Gasteiger partial charge < -0.3 is 14.7 Å². The Bertz CT molecular complexity index is 1530. The molecule has 0 bridgehead atoms. The number of cyclic esters (lactones) is 1. The second-order valence-corrected chi connectivity index (χ2v) is 13.6. The Morgan fingerprint density at radius 1 is 0.778 bits per heavy atom. The molecule has 0 fully saturated rings. The van der Waals surface area contributed by atoms with Crippen LogP contribution in [0, 0.1) is 5.41 Å². The fraction of sp³-hybridized carbons (Fsp3) is 0.341. The fourth-order valence-corrected chi connectivity index (χ4v) is 6.81. The summed E-state index contributed by atoms with van der Waals surface area (Å²) in [6.45, 7) is 9.99. The second kappa shape index (κ2) is 14.2. The van der Waals surface area contributed by atoms with Crippen LogP contribution >= 0.6 is 0 Å². The summed E-state index contributed by atoms with van der Waals surface area (Å²) in [6.07, 6.45) is 3.40. The third kappa shape index (κ3) is 8.05. The van der Waals surface area contributed by atoms with E-state index >= 15 is 0 Å². The molecule has 0 aromatic heterocycles. The molecule has 0 spiro atoms. The summed E-state index contributed by atoms with van der Waals surface area (Å²) in [5.74, 6) is -0.562. The van der Waals surface area contributed by atoms with Crippen molar-refractivity contribution < 1.29 is 14.6 Å². The average molecular weight is 602 g/mol. The molecule has 1 heterocycles. The number of nitrogens with zero attached hydrogens (tertiary/aromatic N) is 1. The first-order valence-electron chi connectivity index (χ1n) is 16.3. The summed E-state index contributed by atoms with van der Waals surface area (Å²) >= 11 is 0. The molecule has 4 aromatic rings. The summed E-state index contributed by atoms with van der Waals surface area (Å²) in [5, 5.41) is 11.7. The lowest BCUT2D eigenvalue weighted by atomic mass is 9.70. The van der Waals surface area contributed by atoms with Gasteiger partial charge in [-0.05, 0) is 59.1 Å². The summed E-state index contributed by atoms with van der Waals surface area (Å²) in [7, 11) is 0. The van der Waals surface area contributed by atoms with Crippen LogP contribution < -0.4 is 4.90 Å².